The molecule has 0 radical (unpaired) electrons. The van der Waals surface area contributed by atoms with Gasteiger partial charge in [-0.1, -0.05) is 13.8 Å². The van der Waals surface area contributed by atoms with Gasteiger partial charge in [-0.05, 0) is 13.1 Å². The van der Waals surface area contributed by atoms with E-state index >= 15 is 0 Å². The summed E-state index contributed by atoms with van der Waals surface area (Å²) in [5, 5.41) is 3.15. The van der Waals surface area contributed by atoms with Gasteiger partial charge in [0.15, 0.2) is 0 Å². The van der Waals surface area contributed by atoms with Gasteiger partial charge in [-0.2, -0.15) is 0 Å². The number of hydrogen-bond donors (Lipinski definition) is 0. The SMILES string of the molecule is CCN(CC)CCc1nc(C(OC)OC)cs1. The zero-order valence-corrected chi connectivity index (χ0v) is 11.9. The quantitative estimate of drug-likeness (QED) is 0.670. The van der Waals surface area contributed by atoms with Crippen LogP contribution in [-0.2, 0) is 15.9 Å². The van der Waals surface area contributed by atoms with Crippen molar-refractivity contribution in [2.75, 3.05) is 33.9 Å². The topological polar surface area (TPSA) is 34.6 Å². The monoisotopic (exact) mass is 258 g/mol. The van der Waals surface area contributed by atoms with E-state index in [1.54, 1.807) is 25.6 Å². The molecule has 0 amide bonds. The third-order valence-electron chi connectivity index (χ3n) is 2.78. The number of methoxy groups -OCH3 is 2. The Bertz CT molecular complexity index is 309. The molecule has 0 atom stereocenters. The first kappa shape index (κ1) is 14.6. The second kappa shape index (κ2) is 7.76. The third-order valence-corrected chi connectivity index (χ3v) is 3.70. The summed E-state index contributed by atoms with van der Waals surface area (Å²) < 4.78 is 10.4. The van der Waals surface area contributed by atoms with Crippen LogP contribution in [0.4, 0.5) is 0 Å². The van der Waals surface area contributed by atoms with Crippen molar-refractivity contribution in [1.29, 1.82) is 0 Å². The number of likely N-dealkylation sites (N-methyl/N-ethyl adjacent to an activating group) is 1. The maximum atomic E-state index is 5.18. The van der Waals surface area contributed by atoms with Crippen molar-refractivity contribution in [1.82, 2.24) is 9.88 Å². The van der Waals surface area contributed by atoms with Gasteiger partial charge in [0, 0.05) is 32.6 Å². The second-order valence-corrected chi connectivity index (χ2v) is 4.69. The van der Waals surface area contributed by atoms with Crippen LogP contribution in [0.25, 0.3) is 0 Å². The first-order valence-electron chi connectivity index (χ1n) is 5.97. The van der Waals surface area contributed by atoms with Crippen molar-refractivity contribution in [2.24, 2.45) is 0 Å². The highest BCUT2D eigenvalue weighted by Crippen LogP contribution is 2.20. The van der Waals surface area contributed by atoms with Gasteiger partial charge in [-0.3, -0.25) is 0 Å². The third kappa shape index (κ3) is 4.35. The molecule has 0 fully saturated rings. The van der Waals surface area contributed by atoms with Crippen molar-refractivity contribution < 1.29 is 9.47 Å². The fourth-order valence-electron chi connectivity index (χ4n) is 1.68. The lowest BCUT2D eigenvalue weighted by Crippen LogP contribution is -2.25. The maximum absolute atomic E-state index is 5.18. The minimum absolute atomic E-state index is 0.339. The Balaban J connectivity index is 2.50. The van der Waals surface area contributed by atoms with E-state index in [0.29, 0.717) is 0 Å². The molecule has 0 unspecified atom stereocenters. The van der Waals surface area contributed by atoms with Crippen molar-refractivity contribution in [2.45, 2.75) is 26.6 Å². The van der Waals surface area contributed by atoms with E-state index < -0.39 is 0 Å². The fraction of sp³-hybridized carbons (Fsp3) is 0.750. The van der Waals surface area contributed by atoms with Gasteiger partial charge in [0.2, 0.25) is 6.29 Å². The smallest absolute Gasteiger partial charge is 0.201 e. The first-order valence-corrected chi connectivity index (χ1v) is 6.85. The van der Waals surface area contributed by atoms with Crippen LogP contribution in [0.2, 0.25) is 0 Å². The molecule has 0 aliphatic heterocycles. The minimum Gasteiger partial charge on any atom is -0.350 e. The Labute approximate surface area is 108 Å². The van der Waals surface area contributed by atoms with E-state index in [9.17, 15) is 0 Å². The number of ether oxygens (including phenoxy) is 2. The average Bonchev–Trinajstić information content (AvgIpc) is 2.81. The predicted octanol–water partition coefficient (Wildman–Crippen LogP) is 2.32. The summed E-state index contributed by atoms with van der Waals surface area (Å²) in [4.78, 5) is 6.93. The summed E-state index contributed by atoms with van der Waals surface area (Å²) in [5.41, 5.74) is 0.870. The summed E-state index contributed by atoms with van der Waals surface area (Å²) in [7, 11) is 3.26. The van der Waals surface area contributed by atoms with Gasteiger partial charge >= 0.3 is 0 Å². The number of rotatable bonds is 8. The zero-order chi connectivity index (χ0) is 12.7. The van der Waals surface area contributed by atoms with Crippen LogP contribution in [0.15, 0.2) is 5.38 Å². The van der Waals surface area contributed by atoms with E-state index in [0.717, 1.165) is 36.8 Å². The van der Waals surface area contributed by atoms with E-state index in [1.165, 1.54) is 0 Å². The molecule has 0 saturated carbocycles. The first-order chi connectivity index (χ1) is 8.24. The Morgan fingerprint density at radius 3 is 2.47 bits per heavy atom. The van der Waals surface area contributed by atoms with E-state index in [1.807, 2.05) is 5.38 Å². The molecule has 0 aliphatic carbocycles. The molecule has 1 aromatic heterocycles. The van der Waals surface area contributed by atoms with Crippen LogP contribution in [0.3, 0.4) is 0 Å². The van der Waals surface area contributed by atoms with E-state index in [4.69, 9.17) is 9.47 Å². The largest absolute Gasteiger partial charge is 0.350 e. The minimum atomic E-state index is -0.339. The van der Waals surface area contributed by atoms with Crippen LogP contribution < -0.4 is 0 Å². The second-order valence-electron chi connectivity index (χ2n) is 3.75. The highest BCUT2D eigenvalue weighted by atomic mass is 32.1. The summed E-state index contributed by atoms with van der Waals surface area (Å²) in [5.74, 6) is 0. The molecule has 1 rings (SSSR count). The molecule has 98 valence electrons. The lowest BCUT2D eigenvalue weighted by atomic mass is 10.4. The summed E-state index contributed by atoms with van der Waals surface area (Å²) in [6, 6.07) is 0. The Hall–Kier alpha value is -0.490. The van der Waals surface area contributed by atoms with Crippen molar-refractivity contribution in [3.05, 3.63) is 16.1 Å². The van der Waals surface area contributed by atoms with Crippen LogP contribution >= 0.6 is 11.3 Å². The standard InChI is InChI=1S/C12H22N2O2S/c1-5-14(6-2)8-7-11-13-10(9-17-11)12(15-3)16-4/h9,12H,5-8H2,1-4H3. The number of thiazole rings is 1. The molecule has 4 nitrogen and oxygen atoms in total. The van der Waals surface area contributed by atoms with Crippen molar-refractivity contribution in [3.8, 4) is 0 Å². The molecule has 17 heavy (non-hydrogen) atoms. The maximum Gasteiger partial charge on any atom is 0.201 e. The summed E-state index contributed by atoms with van der Waals surface area (Å²) in [6.45, 7) is 7.61. The number of nitrogens with zero attached hydrogens (tertiary/aromatic N) is 2. The van der Waals surface area contributed by atoms with Crippen LogP contribution in [0.5, 0.6) is 0 Å². The van der Waals surface area contributed by atoms with Gasteiger partial charge in [0.25, 0.3) is 0 Å². The molecule has 1 aromatic rings. The normalized spacial score (nSPS) is 11.6. The molecule has 0 aromatic carbocycles. The molecular weight excluding hydrogens is 236 g/mol. The van der Waals surface area contributed by atoms with Gasteiger partial charge in [0.05, 0.1) is 5.01 Å². The van der Waals surface area contributed by atoms with Crippen LogP contribution in [0, 0.1) is 0 Å². The molecule has 0 bridgehead atoms. The molecule has 0 aliphatic rings. The highest BCUT2D eigenvalue weighted by Gasteiger charge is 2.13. The van der Waals surface area contributed by atoms with Gasteiger partial charge in [0.1, 0.15) is 5.69 Å². The average molecular weight is 258 g/mol. The lowest BCUT2D eigenvalue weighted by Gasteiger charge is -2.16. The number of hydrogen-bond acceptors (Lipinski definition) is 5. The van der Waals surface area contributed by atoms with Gasteiger partial charge in [-0.25, -0.2) is 4.98 Å². The zero-order valence-electron chi connectivity index (χ0n) is 11.1. The van der Waals surface area contributed by atoms with Crippen molar-refractivity contribution >= 4 is 11.3 Å². The molecule has 0 saturated heterocycles. The summed E-state index contributed by atoms with van der Waals surface area (Å²) in [6.07, 6.45) is 0.653. The number of aromatic nitrogens is 1. The van der Waals surface area contributed by atoms with E-state index in [-0.39, 0.29) is 6.29 Å². The fourth-order valence-corrected chi connectivity index (χ4v) is 2.47. The molecule has 0 spiro atoms. The Morgan fingerprint density at radius 2 is 1.94 bits per heavy atom. The predicted molar refractivity (Wildman–Crippen MR) is 70.4 cm³/mol. The molecular formula is C12H22N2O2S. The highest BCUT2D eigenvalue weighted by molar-refractivity contribution is 7.09. The lowest BCUT2D eigenvalue weighted by molar-refractivity contribution is -0.108. The van der Waals surface area contributed by atoms with Crippen molar-refractivity contribution in [3.63, 3.8) is 0 Å². The van der Waals surface area contributed by atoms with Crippen LogP contribution in [0.1, 0.15) is 30.8 Å². The van der Waals surface area contributed by atoms with Crippen LogP contribution in [-0.4, -0.2) is 43.7 Å². The molecule has 1 heterocycles. The Morgan fingerprint density at radius 1 is 1.29 bits per heavy atom. The molecule has 5 heteroatoms. The van der Waals surface area contributed by atoms with Gasteiger partial charge < -0.3 is 14.4 Å². The molecule has 0 N–H and O–H groups in total. The summed E-state index contributed by atoms with van der Waals surface area (Å²) >= 11 is 1.67. The van der Waals surface area contributed by atoms with E-state index in [2.05, 4.69) is 23.7 Å². The van der Waals surface area contributed by atoms with Gasteiger partial charge in [-0.15, -0.1) is 11.3 Å². The Kier molecular flexibility index (Phi) is 6.65.